The molecule has 2 fully saturated rings. The molecule has 2 aromatic carbocycles. The molecule has 2 N–H and O–H groups in total. The topological polar surface area (TPSA) is 70.7 Å². The molecule has 6 nitrogen and oxygen atoms in total. The molecule has 1 spiro atoms. The van der Waals surface area contributed by atoms with Gasteiger partial charge >= 0.3 is 0 Å². The summed E-state index contributed by atoms with van der Waals surface area (Å²) in [7, 11) is 1.55. The zero-order chi connectivity index (χ0) is 20.2. The van der Waals surface area contributed by atoms with Crippen LogP contribution >= 0.6 is 11.6 Å². The fourth-order valence-electron chi connectivity index (χ4n) is 5.38. The van der Waals surface area contributed by atoms with Crippen LogP contribution in [0, 0.1) is 5.92 Å². The van der Waals surface area contributed by atoms with Crippen molar-refractivity contribution in [1.29, 1.82) is 0 Å². The maximum absolute atomic E-state index is 13.5. The van der Waals surface area contributed by atoms with Crippen molar-refractivity contribution in [2.75, 3.05) is 24.3 Å². The number of methoxy groups -OCH3 is 1. The second-order valence-corrected chi connectivity index (χ2v) is 8.31. The number of benzene rings is 2. The van der Waals surface area contributed by atoms with Gasteiger partial charge in [-0.15, -0.1) is 0 Å². The van der Waals surface area contributed by atoms with Gasteiger partial charge in [0.25, 0.3) is 0 Å². The van der Waals surface area contributed by atoms with E-state index >= 15 is 0 Å². The first-order valence-electron chi connectivity index (χ1n) is 9.88. The van der Waals surface area contributed by atoms with Crippen molar-refractivity contribution in [1.82, 2.24) is 4.90 Å². The van der Waals surface area contributed by atoms with Crippen LogP contribution in [0.1, 0.15) is 24.8 Å². The Balaban J connectivity index is 1.57. The number of hydrogen-bond acceptors (Lipinski definition) is 4. The number of rotatable bonds is 3. The summed E-state index contributed by atoms with van der Waals surface area (Å²) in [5, 5.41) is 6.50. The van der Waals surface area contributed by atoms with Crippen LogP contribution in [-0.2, 0) is 15.1 Å². The molecule has 7 heteroatoms. The fourth-order valence-corrected chi connectivity index (χ4v) is 5.55. The summed E-state index contributed by atoms with van der Waals surface area (Å²) in [6, 6.07) is 13.0. The van der Waals surface area contributed by atoms with Crippen molar-refractivity contribution >= 4 is 34.8 Å². The van der Waals surface area contributed by atoms with E-state index in [0.717, 1.165) is 30.6 Å². The predicted molar refractivity (Wildman–Crippen MR) is 111 cm³/mol. The molecule has 0 unspecified atom stereocenters. The summed E-state index contributed by atoms with van der Waals surface area (Å²) < 4.78 is 5.37. The summed E-state index contributed by atoms with van der Waals surface area (Å²) in [6.45, 7) is 0.816. The Morgan fingerprint density at radius 1 is 1.31 bits per heavy atom. The molecule has 0 aliphatic carbocycles. The lowest BCUT2D eigenvalue weighted by molar-refractivity contribution is -0.135. The summed E-state index contributed by atoms with van der Waals surface area (Å²) in [4.78, 5) is 29.1. The van der Waals surface area contributed by atoms with E-state index in [2.05, 4.69) is 15.5 Å². The van der Waals surface area contributed by atoms with Crippen LogP contribution in [0.5, 0.6) is 5.75 Å². The predicted octanol–water partition coefficient (Wildman–Crippen LogP) is 3.62. The Morgan fingerprint density at radius 2 is 2.14 bits per heavy atom. The number of carbonyl (C=O) groups excluding carboxylic acids is 2. The molecule has 3 aliphatic heterocycles. The summed E-state index contributed by atoms with van der Waals surface area (Å²) in [5.74, 6) is -0.264. The van der Waals surface area contributed by atoms with E-state index in [4.69, 9.17) is 16.3 Å². The van der Waals surface area contributed by atoms with Crippen molar-refractivity contribution < 1.29 is 14.3 Å². The normalized spacial score (nSPS) is 27.6. The highest BCUT2D eigenvalue weighted by atomic mass is 35.5. The van der Waals surface area contributed by atoms with E-state index in [9.17, 15) is 9.59 Å². The minimum Gasteiger partial charge on any atom is -0.495 e. The van der Waals surface area contributed by atoms with Crippen molar-refractivity contribution in [2.24, 2.45) is 5.92 Å². The van der Waals surface area contributed by atoms with Gasteiger partial charge in [0.1, 0.15) is 11.3 Å². The van der Waals surface area contributed by atoms with Gasteiger partial charge in [-0.05, 0) is 50.1 Å². The van der Waals surface area contributed by atoms with Gasteiger partial charge in [-0.2, -0.15) is 0 Å². The zero-order valence-electron chi connectivity index (χ0n) is 16.1. The molecular weight excluding hydrogens is 390 g/mol. The van der Waals surface area contributed by atoms with Gasteiger partial charge in [-0.25, -0.2) is 0 Å². The molecule has 2 saturated heterocycles. The lowest BCUT2D eigenvalue weighted by Gasteiger charge is -2.36. The zero-order valence-corrected chi connectivity index (χ0v) is 16.8. The first-order chi connectivity index (χ1) is 14.1. The monoisotopic (exact) mass is 411 g/mol. The maximum Gasteiger partial charge on any atom is 0.250 e. The summed E-state index contributed by atoms with van der Waals surface area (Å²) in [5.41, 5.74) is 1.24. The number of hydrogen-bond donors (Lipinski definition) is 2. The van der Waals surface area contributed by atoms with Gasteiger partial charge in [0.2, 0.25) is 11.8 Å². The van der Waals surface area contributed by atoms with Crippen LogP contribution in [0.2, 0.25) is 5.02 Å². The van der Waals surface area contributed by atoms with Crippen molar-refractivity contribution in [3.05, 3.63) is 53.1 Å². The standard InChI is InChI=1S/C22H22ClN3O3/c1-29-19-9-8-13(23)11-18(19)24-20(27)16-12-14-5-4-10-26(14)22(16)15-6-2-3-7-17(15)25-21(22)28/h2-3,6-9,11,14,16H,4-5,10,12H2,1H3,(H,24,27)(H,25,28)/t14-,16+,22+/m1/s1. The molecule has 0 aromatic heterocycles. The maximum atomic E-state index is 13.5. The van der Waals surface area contributed by atoms with Gasteiger partial charge in [-0.1, -0.05) is 29.8 Å². The minimum atomic E-state index is -0.965. The Labute approximate surface area is 174 Å². The minimum absolute atomic E-state index is 0.110. The van der Waals surface area contributed by atoms with Gasteiger partial charge in [0.05, 0.1) is 18.7 Å². The third kappa shape index (κ3) is 2.59. The average molecular weight is 412 g/mol. The van der Waals surface area contributed by atoms with E-state index in [1.165, 1.54) is 0 Å². The summed E-state index contributed by atoms with van der Waals surface area (Å²) >= 11 is 6.13. The van der Waals surface area contributed by atoms with Gasteiger partial charge < -0.3 is 15.4 Å². The highest BCUT2D eigenvalue weighted by Gasteiger charge is 2.65. The lowest BCUT2D eigenvalue weighted by atomic mass is 9.78. The highest BCUT2D eigenvalue weighted by Crippen LogP contribution is 2.55. The molecule has 29 heavy (non-hydrogen) atoms. The van der Waals surface area contributed by atoms with Gasteiger partial charge in [0.15, 0.2) is 0 Å². The third-order valence-electron chi connectivity index (χ3n) is 6.51. The average Bonchev–Trinajstić information content (AvgIpc) is 3.36. The molecule has 150 valence electrons. The molecule has 3 aliphatic rings. The van der Waals surface area contributed by atoms with E-state index in [0.29, 0.717) is 22.9 Å². The molecule has 2 amide bonds. The summed E-state index contributed by atoms with van der Waals surface area (Å²) in [6.07, 6.45) is 2.69. The number of carbonyl (C=O) groups is 2. The number of nitrogens with one attached hydrogen (secondary N) is 2. The number of ether oxygens (including phenoxy) is 1. The van der Waals surface area contributed by atoms with E-state index in [1.54, 1.807) is 25.3 Å². The van der Waals surface area contributed by atoms with Crippen molar-refractivity contribution in [3.63, 3.8) is 0 Å². The van der Waals surface area contributed by atoms with E-state index < -0.39 is 11.5 Å². The number of fused-ring (bicyclic) bond motifs is 4. The van der Waals surface area contributed by atoms with Crippen LogP contribution in [0.15, 0.2) is 42.5 Å². The number of halogens is 1. The molecule has 2 aromatic rings. The van der Waals surface area contributed by atoms with Crippen LogP contribution in [0.4, 0.5) is 11.4 Å². The third-order valence-corrected chi connectivity index (χ3v) is 6.75. The Hall–Kier alpha value is -2.57. The Bertz CT molecular complexity index is 1010. The lowest BCUT2D eigenvalue weighted by Crippen LogP contribution is -2.53. The van der Waals surface area contributed by atoms with Gasteiger partial charge in [0, 0.05) is 22.3 Å². The largest absolute Gasteiger partial charge is 0.495 e. The van der Waals surface area contributed by atoms with Crippen LogP contribution in [-0.4, -0.2) is 36.4 Å². The van der Waals surface area contributed by atoms with E-state index in [1.807, 2.05) is 24.3 Å². The molecule has 5 rings (SSSR count). The first kappa shape index (κ1) is 18.5. The molecule has 0 bridgehead atoms. The molecule has 0 radical (unpaired) electrons. The Morgan fingerprint density at radius 3 is 2.97 bits per heavy atom. The van der Waals surface area contributed by atoms with Gasteiger partial charge in [-0.3, -0.25) is 14.5 Å². The number of amides is 2. The smallest absolute Gasteiger partial charge is 0.250 e. The second-order valence-electron chi connectivity index (χ2n) is 7.88. The number of anilines is 2. The van der Waals surface area contributed by atoms with Crippen molar-refractivity contribution in [3.8, 4) is 5.75 Å². The fraction of sp³-hybridized carbons (Fsp3) is 0.364. The number of nitrogens with zero attached hydrogens (tertiary/aromatic N) is 1. The molecule has 0 saturated carbocycles. The van der Waals surface area contributed by atoms with Crippen LogP contribution < -0.4 is 15.4 Å². The molecule has 3 atom stereocenters. The molecular formula is C22H22ClN3O3. The second kappa shape index (κ2) is 6.75. The number of para-hydroxylation sites is 1. The quantitative estimate of drug-likeness (QED) is 0.809. The van der Waals surface area contributed by atoms with Crippen LogP contribution in [0.3, 0.4) is 0 Å². The Kier molecular flexibility index (Phi) is 4.29. The highest BCUT2D eigenvalue weighted by molar-refractivity contribution is 6.31. The SMILES string of the molecule is COc1ccc(Cl)cc1NC(=O)[C@@H]1C[C@H]2CCCN2[C@]12C(=O)Nc1ccccc12. The molecule has 3 heterocycles. The van der Waals surface area contributed by atoms with Crippen LogP contribution in [0.25, 0.3) is 0 Å². The van der Waals surface area contributed by atoms with Crippen molar-refractivity contribution in [2.45, 2.75) is 30.8 Å². The first-order valence-corrected chi connectivity index (χ1v) is 10.3. The van der Waals surface area contributed by atoms with E-state index in [-0.39, 0.29) is 17.9 Å².